The van der Waals surface area contributed by atoms with Crippen molar-refractivity contribution < 1.29 is 42.9 Å². The molecule has 0 aliphatic carbocycles. The van der Waals surface area contributed by atoms with Crippen LogP contribution in [0.1, 0.15) is 120 Å². The van der Waals surface area contributed by atoms with Crippen LogP contribution in [0.2, 0.25) is 0 Å². The Kier molecular flexibility index (Phi) is 19.1. The van der Waals surface area contributed by atoms with Gasteiger partial charge in [-0.25, -0.2) is 14.1 Å². The van der Waals surface area contributed by atoms with E-state index in [1.54, 1.807) is 24.3 Å². The van der Waals surface area contributed by atoms with Crippen LogP contribution < -0.4 is 5.73 Å². The average Bonchev–Trinajstić information content (AvgIpc) is 3.75. The summed E-state index contributed by atoms with van der Waals surface area (Å²) < 4.78 is 42.4. The summed E-state index contributed by atoms with van der Waals surface area (Å²) >= 11 is 0. The number of unbranched alkanes of at least 4 members (excludes halogenated alkanes) is 14. The Hall–Kier alpha value is -3.47. The van der Waals surface area contributed by atoms with Gasteiger partial charge in [0.2, 0.25) is 5.60 Å². The van der Waals surface area contributed by atoms with Gasteiger partial charge in [0, 0.05) is 6.61 Å². The van der Waals surface area contributed by atoms with Crippen LogP contribution >= 0.6 is 7.82 Å². The number of aromatic nitrogens is 3. The number of ether oxygens (including phenoxy) is 3. The molecule has 3 heterocycles. The van der Waals surface area contributed by atoms with E-state index in [0.717, 1.165) is 24.8 Å². The molecule has 1 saturated heterocycles. The summed E-state index contributed by atoms with van der Waals surface area (Å²) in [6.07, 6.45) is 14.6. The summed E-state index contributed by atoms with van der Waals surface area (Å²) in [7, 11) is -4.75. The fourth-order valence-electron chi connectivity index (χ4n) is 6.76. The number of fused-ring (bicyclic) bond motifs is 1. The lowest BCUT2D eigenvalue weighted by atomic mass is 9.92. The van der Waals surface area contributed by atoms with E-state index < -0.39 is 44.4 Å². The Labute approximate surface area is 330 Å². The van der Waals surface area contributed by atoms with Crippen molar-refractivity contribution in [2.24, 2.45) is 0 Å². The molecular formula is C40H59N6O9P. The lowest BCUT2D eigenvalue weighted by Crippen LogP contribution is -2.41. The van der Waals surface area contributed by atoms with Gasteiger partial charge in [-0.3, -0.25) is 9.05 Å². The molecule has 1 unspecified atom stereocenters. The van der Waals surface area contributed by atoms with Crippen LogP contribution in [0.3, 0.4) is 0 Å². The van der Waals surface area contributed by atoms with Gasteiger partial charge in [0.1, 0.15) is 42.3 Å². The molecule has 16 heteroatoms. The van der Waals surface area contributed by atoms with E-state index in [1.807, 2.05) is 6.07 Å². The van der Waals surface area contributed by atoms with Gasteiger partial charge < -0.3 is 35.1 Å². The van der Waals surface area contributed by atoms with E-state index in [2.05, 4.69) is 23.1 Å². The lowest BCUT2D eigenvalue weighted by Gasteiger charge is -2.24. The maximum atomic E-state index is 13.0. The van der Waals surface area contributed by atoms with Gasteiger partial charge in [-0.15, -0.1) is 0 Å². The first-order valence-corrected chi connectivity index (χ1v) is 21.5. The van der Waals surface area contributed by atoms with Crippen LogP contribution in [0.15, 0.2) is 42.7 Å². The minimum atomic E-state index is -4.75. The third-order valence-electron chi connectivity index (χ3n) is 10.1. The molecule has 0 saturated carbocycles. The molecule has 4 rings (SSSR count). The summed E-state index contributed by atoms with van der Waals surface area (Å²) in [4.78, 5) is 14.5. The Morgan fingerprint density at radius 2 is 1.54 bits per heavy atom. The Morgan fingerprint density at radius 3 is 2.14 bits per heavy atom. The SMILES string of the molecule is CCCCCCCCCCCCCCCCCOC[C@H](COP(=O)(O)OC[C@H]1O[C@@](C#N)(c2ccc3c(N)ncnn23)[C@H](O)[C@@H]1O)OCc1ccc(C#N)cc1. The van der Waals surface area contributed by atoms with Crippen molar-refractivity contribution in [3.8, 4) is 12.1 Å². The normalized spacial score (nSPS) is 21.1. The second kappa shape index (κ2) is 23.7. The van der Waals surface area contributed by atoms with Crippen molar-refractivity contribution in [3.05, 3.63) is 59.5 Å². The molecule has 0 radical (unpaired) electrons. The van der Waals surface area contributed by atoms with Crippen LogP contribution in [-0.2, 0) is 40.0 Å². The van der Waals surface area contributed by atoms with Crippen molar-refractivity contribution in [3.63, 3.8) is 0 Å². The molecule has 0 bridgehead atoms. The van der Waals surface area contributed by atoms with Gasteiger partial charge in [-0.2, -0.15) is 15.6 Å². The molecule has 15 nitrogen and oxygen atoms in total. The zero-order valence-corrected chi connectivity index (χ0v) is 33.4. The Morgan fingerprint density at radius 1 is 0.911 bits per heavy atom. The molecule has 1 fully saturated rings. The van der Waals surface area contributed by atoms with Gasteiger partial charge in [0.05, 0.1) is 43.8 Å². The van der Waals surface area contributed by atoms with Gasteiger partial charge >= 0.3 is 7.82 Å². The summed E-state index contributed by atoms with van der Waals surface area (Å²) in [6, 6.07) is 13.8. The first-order chi connectivity index (χ1) is 27.1. The maximum absolute atomic E-state index is 13.0. The van der Waals surface area contributed by atoms with E-state index in [0.29, 0.717) is 17.7 Å². The number of aliphatic hydroxyl groups is 2. The van der Waals surface area contributed by atoms with Crippen molar-refractivity contribution in [2.75, 3.05) is 32.2 Å². The molecule has 1 aliphatic heterocycles. The fourth-order valence-corrected chi connectivity index (χ4v) is 7.52. The van der Waals surface area contributed by atoms with Crippen LogP contribution in [0.25, 0.3) is 5.52 Å². The maximum Gasteiger partial charge on any atom is 0.472 e. The van der Waals surface area contributed by atoms with E-state index in [-0.39, 0.29) is 31.3 Å². The first-order valence-electron chi connectivity index (χ1n) is 20.0. The highest BCUT2D eigenvalue weighted by Crippen LogP contribution is 2.46. The van der Waals surface area contributed by atoms with E-state index in [4.69, 9.17) is 34.3 Å². The first kappa shape index (κ1) is 45.2. The highest BCUT2D eigenvalue weighted by atomic mass is 31.2. The fraction of sp³-hybridized carbons (Fsp3) is 0.650. The largest absolute Gasteiger partial charge is 0.472 e. The van der Waals surface area contributed by atoms with Crippen molar-refractivity contribution in [2.45, 2.75) is 140 Å². The number of nitrogens with zero attached hydrogens (tertiary/aromatic N) is 5. The van der Waals surface area contributed by atoms with E-state index in [9.17, 15) is 24.9 Å². The lowest BCUT2D eigenvalue weighted by molar-refractivity contribution is -0.0690. The molecule has 1 aromatic carbocycles. The van der Waals surface area contributed by atoms with Crippen LogP contribution in [0.5, 0.6) is 0 Å². The second-order valence-corrected chi connectivity index (χ2v) is 15.9. The van der Waals surface area contributed by atoms with Crippen molar-refractivity contribution in [1.29, 1.82) is 10.5 Å². The predicted molar refractivity (Wildman–Crippen MR) is 209 cm³/mol. The number of rotatable bonds is 28. The van der Waals surface area contributed by atoms with Crippen LogP contribution in [0, 0.1) is 22.7 Å². The van der Waals surface area contributed by atoms with Gasteiger partial charge in [-0.05, 0) is 36.2 Å². The molecule has 0 spiro atoms. The van der Waals surface area contributed by atoms with Crippen molar-refractivity contribution >= 4 is 19.2 Å². The number of benzene rings is 1. The summed E-state index contributed by atoms with van der Waals surface area (Å²) in [6.45, 7) is 1.93. The molecule has 2 aromatic heterocycles. The van der Waals surface area contributed by atoms with Crippen molar-refractivity contribution in [1.82, 2.24) is 14.6 Å². The molecule has 1 aliphatic rings. The number of aliphatic hydroxyl groups excluding tert-OH is 2. The number of hydrogen-bond donors (Lipinski definition) is 4. The number of nitrogens with two attached hydrogens (primary N) is 1. The third-order valence-corrected chi connectivity index (χ3v) is 11.0. The highest BCUT2D eigenvalue weighted by molar-refractivity contribution is 7.47. The quantitative estimate of drug-likeness (QED) is 0.0447. The Bertz CT molecular complexity index is 1730. The van der Waals surface area contributed by atoms with Gasteiger partial charge in [0.25, 0.3) is 0 Å². The zero-order valence-electron chi connectivity index (χ0n) is 32.5. The predicted octanol–water partition coefficient (Wildman–Crippen LogP) is 6.63. The highest BCUT2D eigenvalue weighted by Gasteiger charge is 2.58. The number of nitriles is 2. The summed E-state index contributed by atoms with van der Waals surface area (Å²) in [5.41, 5.74) is 5.53. The number of anilines is 1. The molecule has 0 amide bonds. The minimum absolute atomic E-state index is 0.0770. The molecule has 5 N–H and O–H groups in total. The van der Waals surface area contributed by atoms with E-state index in [1.165, 1.54) is 100 Å². The zero-order chi connectivity index (χ0) is 40.2. The number of phosphoric ester groups is 1. The summed E-state index contributed by atoms with van der Waals surface area (Å²) in [5.74, 6) is 0.125. The molecular weight excluding hydrogens is 739 g/mol. The van der Waals surface area contributed by atoms with Gasteiger partial charge in [0.15, 0.2) is 5.82 Å². The van der Waals surface area contributed by atoms with Crippen LogP contribution in [-0.4, -0.2) is 80.5 Å². The third kappa shape index (κ3) is 13.6. The number of nitrogen functional groups attached to an aromatic ring is 1. The average molecular weight is 799 g/mol. The molecule has 308 valence electrons. The Balaban J connectivity index is 1.19. The standard InChI is InChI=1S/C40H59N6O9P/c1-2-3-4-5-6-7-8-9-10-11-12-13-14-15-16-23-51-26-33(52-25-32-19-17-31(24-41)18-20-32)27-53-56(49,50)54-28-35-37(47)38(48)40(29-42,55-35)36-22-21-34-39(43)44-30-45-46(34)36/h17-22,30,33,35,37-38,47-48H,2-16,23,25-28H2,1H3,(H,49,50)(H2,43,44,45)/t33-,35-,37-,38-,40+/m1/s1. The van der Waals surface area contributed by atoms with E-state index >= 15 is 0 Å². The minimum Gasteiger partial charge on any atom is -0.387 e. The van der Waals surface area contributed by atoms with Gasteiger partial charge in [-0.1, -0.05) is 109 Å². The number of hydrogen-bond acceptors (Lipinski definition) is 13. The topological polar surface area (TPSA) is 228 Å². The smallest absolute Gasteiger partial charge is 0.387 e. The number of phosphoric acid groups is 1. The van der Waals surface area contributed by atoms with Crippen LogP contribution in [0.4, 0.5) is 5.82 Å². The molecule has 56 heavy (non-hydrogen) atoms. The molecule has 3 aromatic rings. The monoisotopic (exact) mass is 798 g/mol. The second-order valence-electron chi connectivity index (χ2n) is 14.4. The summed E-state index contributed by atoms with van der Waals surface area (Å²) in [5, 5.41) is 45.1. The molecule has 6 atom stereocenters.